The maximum Gasteiger partial charge on any atom is 0.137 e. The molecule has 3 N–H and O–H groups in total. The highest BCUT2D eigenvalue weighted by Crippen LogP contribution is 2.25. The van der Waals surface area contributed by atoms with Crippen LogP contribution in [0.5, 0.6) is 5.75 Å². The molecule has 0 aliphatic heterocycles. The second kappa shape index (κ2) is 9.45. The van der Waals surface area contributed by atoms with Crippen molar-refractivity contribution in [3.63, 3.8) is 0 Å². The van der Waals surface area contributed by atoms with E-state index in [1.54, 1.807) is 0 Å². The minimum atomic E-state index is -0.465. The Kier molecular flexibility index (Phi) is 7.29. The maximum absolute atomic E-state index is 10.2. The van der Waals surface area contributed by atoms with Crippen molar-refractivity contribution in [2.75, 3.05) is 19.7 Å². The summed E-state index contributed by atoms with van der Waals surface area (Å²) in [7, 11) is 0. The van der Waals surface area contributed by atoms with E-state index in [2.05, 4.69) is 56.4 Å². The van der Waals surface area contributed by atoms with Crippen molar-refractivity contribution >= 4 is 0 Å². The molecule has 0 saturated carbocycles. The van der Waals surface area contributed by atoms with Crippen molar-refractivity contribution < 1.29 is 15.2 Å². The van der Waals surface area contributed by atoms with E-state index in [-0.39, 0.29) is 0 Å². The van der Waals surface area contributed by atoms with Crippen LogP contribution in [0.1, 0.15) is 43.7 Å². The van der Waals surface area contributed by atoms with Gasteiger partial charge in [0.05, 0.1) is 6.54 Å². The Balaban J connectivity index is 1.73. The summed E-state index contributed by atoms with van der Waals surface area (Å²) in [4.78, 5) is 0. The number of aliphatic hydroxyl groups is 1. The number of nitrogens with two attached hydrogens (primary N) is 1. The summed E-state index contributed by atoms with van der Waals surface area (Å²) in [5.41, 5.74) is 2.52. The Morgan fingerprint density at radius 3 is 2.29 bits per heavy atom. The van der Waals surface area contributed by atoms with E-state index in [1.165, 1.54) is 11.1 Å². The first-order valence-corrected chi connectivity index (χ1v) is 8.84. The van der Waals surface area contributed by atoms with Crippen LogP contribution in [0.15, 0.2) is 54.6 Å². The lowest BCUT2D eigenvalue weighted by atomic mass is 10.0. The van der Waals surface area contributed by atoms with E-state index in [0.29, 0.717) is 25.0 Å². The average molecular weight is 328 g/mol. The number of rotatable bonds is 9. The molecule has 0 amide bonds. The van der Waals surface area contributed by atoms with Gasteiger partial charge in [0, 0.05) is 5.92 Å². The molecule has 0 aliphatic carbocycles. The number of quaternary nitrogens is 1. The minimum absolute atomic E-state index is 0.333. The van der Waals surface area contributed by atoms with Gasteiger partial charge in [-0.3, -0.25) is 0 Å². The lowest BCUT2D eigenvalue weighted by Crippen LogP contribution is -2.87. The third-order valence-electron chi connectivity index (χ3n) is 4.30. The highest BCUT2D eigenvalue weighted by molar-refractivity contribution is 5.35. The number of ether oxygens (including phenoxy) is 1. The SMILES string of the molecule is CC(C)c1ccccc1OC[C@@H](O)C[NH2+]C[C@H](C)c1ccccc1. The summed E-state index contributed by atoms with van der Waals surface area (Å²) in [5.74, 6) is 1.77. The molecule has 0 heterocycles. The molecule has 2 aromatic rings. The molecule has 0 radical (unpaired) electrons. The predicted molar refractivity (Wildman–Crippen MR) is 98.5 cm³/mol. The third-order valence-corrected chi connectivity index (χ3v) is 4.30. The Morgan fingerprint density at radius 2 is 1.58 bits per heavy atom. The fourth-order valence-corrected chi connectivity index (χ4v) is 2.80. The van der Waals surface area contributed by atoms with Crippen LogP contribution in [0.2, 0.25) is 0 Å². The number of benzene rings is 2. The van der Waals surface area contributed by atoms with Crippen molar-refractivity contribution in [3.8, 4) is 5.75 Å². The van der Waals surface area contributed by atoms with Gasteiger partial charge in [0.2, 0.25) is 0 Å². The summed E-state index contributed by atoms with van der Waals surface area (Å²) in [6.07, 6.45) is -0.465. The standard InChI is InChI=1S/C21H29NO2/c1-16(2)20-11-7-8-12-21(20)24-15-19(23)14-22-13-17(3)18-9-5-4-6-10-18/h4-12,16-17,19,22-23H,13-15H2,1-3H3/p+1/t17-,19-/m0/s1. The Hall–Kier alpha value is -1.84. The zero-order valence-electron chi connectivity index (χ0n) is 15.0. The molecule has 2 aromatic carbocycles. The van der Waals surface area contributed by atoms with Gasteiger partial charge in [-0.25, -0.2) is 0 Å². The topological polar surface area (TPSA) is 46.1 Å². The predicted octanol–water partition coefficient (Wildman–Crippen LogP) is 2.92. The van der Waals surface area contributed by atoms with Crippen LogP contribution >= 0.6 is 0 Å². The normalized spacial score (nSPS) is 13.7. The fourth-order valence-electron chi connectivity index (χ4n) is 2.80. The molecule has 24 heavy (non-hydrogen) atoms. The quantitative estimate of drug-likeness (QED) is 0.743. The van der Waals surface area contributed by atoms with Crippen molar-refractivity contribution in [1.82, 2.24) is 0 Å². The molecule has 0 aliphatic rings. The Morgan fingerprint density at radius 1 is 0.917 bits per heavy atom. The summed E-state index contributed by atoms with van der Waals surface area (Å²) in [5, 5.41) is 12.3. The molecule has 2 rings (SSSR count). The molecular weight excluding hydrogens is 298 g/mol. The van der Waals surface area contributed by atoms with Gasteiger partial charge in [0.1, 0.15) is 25.0 Å². The molecule has 0 bridgehead atoms. The van der Waals surface area contributed by atoms with E-state index in [0.717, 1.165) is 12.3 Å². The van der Waals surface area contributed by atoms with E-state index in [1.807, 2.05) is 24.3 Å². The largest absolute Gasteiger partial charge is 0.490 e. The number of para-hydroxylation sites is 1. The van der Waals surface area contributed by atoms with Crippen molar-refractivity contribution in [2.45, 2.75) is 38.7 Å². The first-order valence-electron chi connectivity index (χ1n) is 8.84. The van der Waals surface area contributed by atoms with Crippen LogP contribution in [0.3, 0.4) is 0 Å². The third kappa shape index (κ3) is 5.66. The molecule has 3 heteroatoms. The van der Waals surface area contributed by atoms with Crippen LogP contribution in [-0.4, -0.2) is 30.9 Å². The van der Waals surface area contributed by atoms with Crippen molar-refractivity contribution in [1.29, 1.82) is 0 Å². The van der Waals surface area contributed by atoms with Crippen LogP contribution in [0.4, 0.5) is 0 Å². The summed E-state index contributed by atoms with van der Waals surface area (Å²) < 4.78 is 5.83. The van der Waals surface area contributed by atoms with Gasteiger partial charge in [-0.1, -0.05) is 69.3 Å². The van der Waals surface area contributed by atoms with Gasteiger partial charge in [-0.15, -0.1) is 0 Å². The van der Waals surface area contributed by atoms with Gasteiger partial charge in [-0.2, -0.15) is 0 Å². The number of aliphatic hydroxyl groups excluding tert-OH is 1. The highest BCUT2D eigenvalue weighted by Gasteiger charge is 2.13. The Labute approximate surface area is 145 Å². The smallest absolute Gasteiger partial charge is 0.137 e. The maximum atomic E-state index is 10.2. The van der Waals surface area contributed by atoms with Crippen molar-refractivity contribution in [3.05, 3.63) is 65.7 Å². The van der Waals surface area contributed by atoms with Gasteiger partial charge in [0.25, 0.3) is 0 Å². The average Bonchev–Trinajstić information content (AvgIpc) is 2.60. The van der Waals surface area contributed by atoms with Crippen LogP contribution in [-0.2, 0) is 0 Å². The van der Waals surface area contributed by atoms with Crippen LogP contribution in [0.25, 0.3) is 0 Å². The molecule has 0 aromatic heterocycles. The first-order chi connectivity index (χ1) is 11.6. The zero-order chi connectivity index (χ0) is 17.4. The highest BCUT2D eigenvalue weighted by atomic mass is 16.5. The number of hydrogen-bond acceptors (Lipinski definition) is 2. The molecule has 3 nitrogen and oxygen atoms in total. The van der Waals surface area contributed by atoms with E-state index >= 15 is 0 Å². The molecular formula is C21H30NO2+. The summed E-state index contributed by atoms with van der Waals surface area (Å²) in [6.45, 7) is 8.47. The second-order valence-electron chi connectivity index (χ2n) is 6.73. The second-order valence-corrected chi connectivity index (χ2v) is 6.73. The van der Waals surface area contributed by atoms with E-state index in [4.69, 9.17) is 4.74 Å². The van der Waals surface area contributed by atoms with Gasteiger partial charge in [0.15, 0.2) is 0 Å². The van der Waals surface area contributed by atoms with Gasteiger partial charge in [-0.05, 0) is 23.1 Å². The van der Waals surface area contributed by atoms with Gasteiger partial charge < -0.3 is 15.2 Å². The first kappa shape index (κ1) is 18.5. The fraction of sp³-hybridized carbons (Fsp3) is 0.429. The van der Waals surface area contributed by atoms with E-state index < -0.39 is 6.10 Å². The number of hydrogen-bond donors (Lipinski definition) is 2. The summed E-state index contributed by atoms with van der Waals surface area (Å²) in [6, 6.07) is 18.5. The minimum Gasteiger partial charge on any atom is -0.490 e. The lowest BCUT2D eigenvalue weighted by molar-refractivity contribution is -0.663. The zero-order valence-corrected chi connectivity index (χ0v) is 15.0. The van der Waals surface area contributed by atoms with Crippen molar-refractivity contribution in [2.24, 2.45) is 0 Å². The summed E-state index contributed by atoms with van der Waals surface area (Å²) >= 11 is 0. The van der Waals surface area contributed by atoms with Gasteiger partial charge >= 0.3 is 0 Å². The molecule has 0 unspecified atom stereocenters. The molecule has 0 saturated heterocycles. The van der Waals surface area contributed by atoms with Crippen LogP contribution in [0, 0.1) is 0 Å². The Bertz CT molecular complexity index is 598. The van der Waals surface area contributed by atoms with Crippen LogP contribution < -0.4 is 10.1 Å². The molecule has 0 fully saturated rings. The molecule has 0 spiro atoms. The monoisotopic (exact) mass is 328 g/mol. The van der Waals surface area contributed by atoms with E-state index in [9.17, 15) is 5.11 Å². The molecule has 2 atom stereocenters. The lowest BCUT2D eigenvalue weighted by Gasteiger charge is -2.17. The molecule has 130 valence electrons.